The van der Waals surface area contributed by atoms with Gasteiger partial charge in [0.1, 0.15) is 11.6 Å². The number of phenolic OH excluding ortho intramolecular Hbond substituents is 1. The van der Waals surface area contributed by atoms with Gasteiger partial charge in [-0.15, -0.1) is 10.2 Å². The summed E-state index contributed by atoms with van der Waals surface area (Å²) in [6.45, 7) is 0.375. The molecule has 7 heteroatoms. The van der Waals surface area contributed by atoms with Gasteiger partial charge in [0.2, 0.25) is 0 Å². The Morgan fingerprint density at radius 2 is 2.14 bits per heavy atom. The van der Waals surface area contributed by atoms with Crippen LogP contribution in [-0.4, -0.2) is 32.2 Å². The van der Waals surface area contributed by atoms with Crippen molar-refractivity contribution < 1.29 is 9.90 Å². The van der Waals surface area contributed by atoms with E-state index < -0.39 is 0 Å². The van der Waals surface area contributed by atoms with Crippen LogP contribution in [0.4, 0.5) is 0 Å². The normalized spacial score (nSPS) is 10.8. The number of aromatic nitrogens is 3. The molecule has 2 N–H and O–H groups in total. The Kier molecular flexibility index (Phi) is 3.93. The molecule has 3 aromatic rings. The molecule has 2 heterocycles. The average Bonchev–Trinajstić information content (AvgIpc) is 2.93. The fourth-order valence-electron chi connectivity index (χ4n) is 2.13. The molecule has 22 heavy (non-hydrogen) atoms. The first-order valence-corrected chi connectivity index (χ1v) is 7.08. The lowest BCUT2D eigenvalue weighted by atomic mass is 10.2. The summed E-state index contributed by atoms with van der Waals surface area (Å²) in [5, 5.41) is 20.9. The molecule has 1 amide bonds. The van der Waals surface area contributed by atoms with Gasteiger partial charge in [0, 0.05) is 24.2 Å². The molecule has 2 aromatic heterocycles. The van der Waals surface area contributed by atoms with Crippen LogP contribution in [0.25, 0.3) is 5.65 Å². The smallest absolute Gasteiger partial charge is 0.255 e. The number of nitrogens with zero attached hydrogens (tertiary/aromatic N) is 3. The number of nitrogens with one attached hydrogen (secondary N) is 1. The zero-order valence-corrected chi connectivity index (χ0v) is 12.3. The van der Waals surface area contributed by atoms with Gasteiger partial charge in [-0.3, -0.25) is 9.20 Å². The summed E-state index contributed by atoms with van der Waals surface area (Å²) in [4.78, 5) is 12.0. The summed E-state index contributed by atoms with van der Waals surface area (Å²) >= 11 is 5.83. The van der Waals surface area contributed by atoms with E-state index in [1.54, 1.807) is 0 Å². The zero-order valence-electron chi connectivity index (χ0n) is 11.5. The first-order chi connectivity index (χ1) is 10.6. The van der Waals surface area contributed by atoms with Gasteiger partial charge in [-0.05, 0) is 30.3 Å². The van der Waals surface area contributed by atoms with Gasteiger partial charge in [-0.2, -0.15) is 0 Å². The molecule has 0 aliphatic carbocycles. The van der Waals surface area contributed by atoms with Crippen LogP contribution in [0.5, 0.6) is 5.75 Å². The molecule has 0 unspecified atom stereocenters. The number of pyridine rings is 1. The molecule has 0 bridgehead atoms. The lowest BCUT2D eigenvalue weighted by molar-refractivity contribution is 0.0951. The number of carbonyl (C=O) groups is 1. The predicted octanol–water partition coefficient (Wildman–Crippen LogP) is 2.06. The van der Waals surface area contributed by atoms with Crippen LogP contribution < -0.4 is 5.32 Å². The molecule has 0 saturated heterocycles. The van der Waals surface area contributed by atoms with Gasteiger partial charge in [-0.1, -0.05) is 17.7 Å². The van der Waals surface area contributed by atoms with Crippen LogP contribution in [-0.2, 0) is 6.42 Å². The van der Waals surface area contributed by atoms with Crippen LogP contribution in [0.2, 0.25) is 5.02 Å². The van der Waals surface area contributed by atoms with E-state index in [-0.39, 0.29) is 17.2 Å². The highest BCUT2D eigenvalue weighted by molar-refractivity contribution is 6.31. The minimum atomic E-state index is -0.381. The lowest BCUT2D eigenvalue weighted by Crippen LogP contribution is -2.26. The largest absolute Gasteiger partial charge is 0.507 e. The maximum atomic E-state index is 12.0. The Labute approximate surface area is 131 Å². The maximum Gasteiger partial charge on any atom is 0.255 e. The van der Waals surface area contributed by atoms with Gasteiger partial charge in [0.05, 0.1) is 5.56 Å². The molecular weight excluding hydrogens is 304 g/mol. The minimum absolute atomic E-state index is 0.102. The molecular formula is C15H13ClN4O2. The van der Waals surface area contributed by atoms with Crippen molar-refractivity contribution in [2.45, 2.75) is 6.42 Å². The van der Waals surface area contributed by atoms with Crippen LogP contribution in [0.3, 0.4) is 0 Å². The highest BCUT2D eigenvalue weighted by atomic mass is 35.5. The maximum absolute atomic E-state index is 12.0. The number of halogens is 1. The SMILES string of the molecule is O=C(NCCc1nnc2ccccn12)c1cc(Cl)ccc1O. The Hall–Kier alpha value is -2.60. The van der Waals surface area contributed by atoms with E-state index in [1.807, 2.05) is 28.8 Å². The Balaban J connectivity index is 1.65. The van der Waals surface area contributed by atoms with Gasteiger partial charge in [-0.25, -0.2) is 0 Å². The summed E-state index contributed by atoms with van der Waals surface area (Å²) < 4.78 is 1.86. The zero-order chi connectivity index (χ0) is 15.5. The molecule has 0 radical (unpaired) electrons. The fourth-order valence-corrected chi connectivity index (χ4v) is 2.31. The van der Waals surface area contributed by atoms with Crippen LogP contribution >= 0.6 is 11.6 Å². The second-order valence-electron chi connectivity index (χ2n) is 4.71. The van der Waals surface area contributed by atoms with Crippen molar-refractivity contribution in [3.8, 4) is 5.75 Å². The van der Waals surface area contributed by atoms with Crippen LogP contribution in [0.1, 0.15) is 16.2 Å². The number of fused-ring (bicyclic) bond motifs is 1. The van der Waals surface area contributed by atoms with Crippen LogP contribution in [0.15, 0.2) is 42.6 Å². The molecule has 0 fully saturated rings. The number of aromatic hydroxyl groups is 1. The van der Waals surface area contributed by atoms with Crippen molar-refractivity contribution in [3.63, 3.8) is 0 Å². The molecule has 0 aliphatic rings. The molecule has 0 aliphatic heterocycles. The summed E-state index contributed by atoms with van der Waals surface area (Å²) in [5.41, 5.74) is 0.912. The lowest BCUT2D eigenvalue weighted by Gasteiger charge is -2.06. The van der Waals surface area contributed by atoms with Crippen LogP contribution in [0, 0.1) is 0 Å². The predicted molar refractivity (Wildman–Crippen MR) is 82.1 cm³/mol. The standard InChI is InChI=1S/C15H13ClN4O2/c16-10-4-5-12(21)11(9-10)15(22)17-7-6-14-19-18-13-3-1-2-8-20(13)14/h1-5,8-9,21H,6-7H2,(H,17,22). The molecule has 0 saturated carbocycles. The van der Waals surface area contributed by atoms with Crippen molar-refractivity contribution >= 4 is 23.2 Å². The highest BCUT2D eigenvalue weighted by Gasteiger charge is 2.12. The Morgan fingerprint density at radius 1 is 1.27 bits per heavy atom. The molecule has 112 valence electrons. The molecule has 6 nitrogen and oxygen atoms in total. The minimum Gasteiger partial charge on any atom is -0.507 e. The second kappa shape index (κ2) is 6.03. The topological polar surface area (TPSA) is 79.5 Å². The van der Waals surface area contributed by atoms with E-state index in [2.05, 4.69) is 15.5 Å². The fraction of sp³-hybridized carbons (Fsp3) is 0.133. The van der Waals surface area contributed by atoms with E-state index in [9.17, 15) is 9.90 Å². The van der Waals surface area contributed by atoms with Crippen molar-refractivity contribution in [2.75, 3.05) is 6.54 Å². The van der Waals surface area contributed by atoms with Crippen molar-refractivity contribution in [3.05, 3.63) is 59.0 Å². The van der Waals surface area contributed by atoms with E-state index in [0.29, 0.717) is 18.0 Å². The van der Waals surface area contributed by atoms with Crippen molar-refractivity contribution in [1.82, 2.24) is 19.9 Å². The van der Waals surface area contributed by atoms with Gasteiger partial charge in [0.15, 0.2) is 5.65 Å². The van der Waals surface area contributed by atoms with E-state index in [1.165, 1.54) is 18.2 Å². The second-order valence-corrected chi connectivity index (χ2v) is 5.15. The van der Waals surface area contributed by atoms with E-state index in [4.69, 9.17) is 11.6 Å². The summed E-state index contributed by atoms with van der Waals surface area (Å²) in [6, 6.07) is 9.98. The third-order valence-electron chi connectivity index (χ3n) is 3.22. The Morgan fingerprint density at radius 3 is 3.00 bits per heavy atom. The third-order valence-corrected chi connectivity index (χ3v) is 3.46. The number of carbonyl (C=O) groups excluding carboxylic acids is 1. The van der Waals surface area contributed by atoms with Gasteiger partial charge < -0.3 is 10.4 Å². The average molecular weight is 317 g/mol. The quantitative estimate of drug-likeness (QED) is 0.772. The molecule has 0 atom stereocenters. The number of phenols is 1. The number of amides is 1. The van der Waals surface area contributed by atoms with E-state index in [0.717, 1.165) is 11.5 Å². The third kappa shape index (κ3) is 2.87. The number of rotatable bonds is 4. The first-order valence-electron chi connectivity index (χ1n) is 6.70. The summed E-state index contributed by atoms with van der Waals surface area (Å²) in [7, 11) is 0. The monoisotopic (exact) mass is 316 g/mol. The summed E-state index contributed by atoms with van der Waals surface area (Å²) in [6.07, 6.45) is 2.40. The highest BCUT2D eigenvalue weighted by Crippen LogP contribution is 2.21. The molecule has 0 spiro atoms. The van der Waals surface area contributed by atoms with Gasteiger partial charge in [0.25, 0.3) is 5.91 Å². The van der Waals surface area contributed by atoms with E-state index >= 15 is 0 Å². The molecule has 3 rings (SSSR count). The van der Waals surface area contributed by atoms with Gasteiger partial charge >= 0.3 is 0 Å². The number of benzene rings is 1. The number of hydrogen-bond donors (Lipinski definition) is 2. The summed E-state index contributed by atoms with van der Waals surface area (Å²) in [5.74, 6) is 0.273. The van der Waals surface area contributed by atoms with Crippen molar-refractivity contribution in [2.24, 2.45) is 0 Å². The molecule has 1 aromatic carbocycles. The first kappa shape index (κ1) is 14.3. The Bertz CT molecular complexity index is 831. The number of hydrogen-bond acceptors (Lipinski definition) is 4. The van der Waals surface area contributed by atoms with Crippen molar-refractivity contribution in [1.29, 1.82) is 0 Å².